The smallest absolute Gasteiger partial charge is 0.305 e. The third-order valence-electron chi connectivity index (χ3n) is 16.6. The summed E-state index contributed by atoms with van der Waals surface area (Å²) in [5.41, 5.74) is 2.11. The number of hydrogen-bond acceptors (Lipinski definition) is 7. The molecule has 0 aromatic heterocycles. The van der Waals surface area contributed by atoms with Crippen molar-refractivity contribution in [3.63, 3.8) is 0 Å². The highest BCUT2D eigenvalue weighted by Crippen LogP contribution is 2.78. The maximum absolute atomic E-state index is 12.1. The summed E-state index contributed by atoms with van der Waals surface area (Å²) in [7, 11) is 0. The molecule has 6 fully saturated rings. The Bertz CT molecular complexity index is 1260. The standard InChI is InChI=1S/C41H66O7/c1-24(12-13-30-34(45-25(2)42)35(46-26(3)43)36(48-30)47-27(4)44)28-16-21-38(7)29(28)17-22-40(9)32(38)14-15-33-39(8)20-11-19-37(5,6)31(39)18-23-41(33,40)10/h24,28-36H,11-23H2,1-10H3/t24?,28-,29+,30-,31+,32-,33-,34-,35-,36?,38+,39+,40-,41-/m1/s1. The van der Waals surface area contributed by atoms with Gasteiger partial charge in [-0.3, -0.25) is 14.4 Å². The van der Waals surface area contributed by atoms with E-state index < -0.39 is 42.5 Å². The van der Waals surface area contributed by atoms with Crippen LogP contribution in [0.25, 0.3) is 0 Å². The lowest BCUT2D eigenvalue weighted by molar-refractivity contribution is -0.241. The van der Waals surface area contributed by atoms with Gasteiger partial charge < -0.3 is 18.9 Å². The van der Waals surface area contributed by atoms with Crippen LogP contribution in [0.4, 0.5) is 0 Å². The van der Waals surface area contributed by atoms with Crippen molar-refractivity contribution in [2.75, 3.05) is 0 Å². The van der Waals surface area contributed by atoms with Gasteiger partial charge in [0.05, 0.1) is 0 Å². The third kappa shape index (κ3) is 5.67. The van der Waals surface area contributed by atoms with Gasteiger partial charge in [-0.05, 0) is 140 Å². The average Bonchev–Trinajstić information content (AvgIpc) is 3.47. The normalized spacial score (nSPS) is 48.2. The zero-order valence-corrected chi connectivity index (χ0v) is 31.8. The molecule has 0 radical (unpaired) electrons. The minimum Gasteiger partial charge on any atom is -0.456 e. The van der Waals surface area contributed by atoms with E-state index in [1.807, 2.05) is 0 Å². The number of esters is 3. The van der Waals surface area contributed by atoms with Gasteiger partial charge in [0.2, 0.25) is 12.4 Å². The van der Waals surface area contributed by atoms with Crippen molar-refractivity contribution in [3.05, 3.63) is 0 Å². The number of carbonyl (C=O) groups excluding carboxylic acids is 3. The Balaban J connectivity index is 1.16. The van der Waals surface area contributed by atoms with Crippen molar-refractivity contribution in [3.8, 4) is 0 Å². The Labute approximate surface area is 290 Å². The Morgan fingerprint density at radius 3 is 1.88 bits per heavy atom. The highest BCUT2D eigenvalue weighted by Gasteiger charge is 2.70. The van der Waals surface area contributed by atoms with Crippen molar-refractivity contribution < 1.29 is 33.3 Å². The van der Waals surface area contributed by atoms with E-state index >= 15 is 0 Å². The molecule has 14 atom stereocenters. The lowest BCUT2D eigenvalue weighted by Gasteiger charge is -2.73. The molecule has 2 unspecified atom stereocenters. The van der Waals surface area contributed by atoms with Crippen LogP contribution < -0.4 is 0 Å². The predicted molar refractivity (Wildman–Crippen MR) is 184 cm³/mol. The van der Waals surface area contributed by atoms with Crippen molar-refractivity contribution in [2.45, 2.75) is 177 Å². The van der Waals surface area contributed by atoms with Crippen molar-refractivity contribution >= 4 is 17.9 Å². The molecule has 7 nitrogen and oxygen atoms in total. The van der Waals surface area contributed by atoms with E-state index in [0.717, 1.165) is 30.1 Å². The number of ether oxygens (including phenoxy) is 4. The molecule has 7 heteroatoms. The van der Waals surface area contributed by atoms with Crippen molar-refractivity contribution in [1.29, 1.82) is 0 Å². The predicted octanol–water partition coefficient (Wildman–Crippen LogP) is 9.05. The zero-order valence-electron chi connectivity index (χ0n) is 31.8. The SMILES string of the molecule is CC(=O)OC1O[C@H](CCC(C)[C@H]2CC[C@]3(C)[C@H]4CC[C@@H]5[C@@]6(C)CCCC(C)(C)[C@@H]6CC[C@@]5(C)[C@]4(C)CC[C@@H]23)[C@@H](OC(C)=O)[C@H]1OC(C)=O. The summed E-state index contributed by atoms with van der Waals surface area (Å²) in [5, 5.41) is 0. The number of hydrogen-bond donors (Lipinski definition) is 0. The maximum atomic E-state index is 12.1. The van der Waals surface area contributed by atoms with Crippen LogP contribution in [-0.2, 0) is 33.3 Å². The van der Waals surface area contributed by atoms with Crippen molar-refractivity contribution in [1.82, 2.24) is 0 Å². The van der Waals surface area contributed by atoms with E-state index in [0.29, 0.717) is 45.3 Å². The van der Waals surface area contributed by atoms with Gasteiger partial charge in [-0.25, -0.2) is 0 Å². The summed E-state index contributed by atoms with van der Waals surface area (Å²) < 4.78 is 22.7. The Morgan fingerprint density at radius 2 is 1.25 bits per heavy atom. The molecule has 5 saturated carbocycles. The molecule has 1 aliphatic heterocycles. The molecule has 1 saturated heterocycles. The van der Waals surface area contributed by atoms with Gasteiger partial charge in [-0.1, -0.05) is 54.9 Å². The fourth-order valence-corrected chi connectivity index (χ4v) is 14.5. The molecule has 48 heavy (non-hydrogen) atoms. The molecule has 6 aliphatic rings. The van der Waals surface area contributed by atoms with Gasteiger partial charge in [0.15, 0.2) is 6.10 Å². The minimum atomic E-state index is -1.09. The quantitative estimate of drug-likeness (QED) is 0.197. The van der Waals surface area contributed by atoms with Crippen LogP contribution in [0.5, 0.6) is 0 Å². The van der Waals surface area contributed by atoms with Gasteiger partial charge in [0.1, 0.15) is 6.10 Å². The number of rotatable bonds is 7. The molecule has 0 N–H and O–H groups in total. The van der Waals surface area contributed by atoms with Crippen LogP contribution in [0, 0.1) is 62.6 Å². The van der Waals surface area contributed by atoms with E-state index in [1.165, 1.54) is 91.4 Å². The fourth-order valence-electron chi connectivity index (χ4n) is 14.5. The molecular weight excluding hydrogens is 604 g/mol. The second-order valence-corrected chi connectivity index (χ2v) is 19.2. The summed E-state index contributed by atoms with van der Waals surface area (Å²) in [6, 6.07) is 0. The van der Waals surface area contributed by atoms with Crippen LogP contribution in [0.15, 0.2) is 0 Å². The molecule has 6 rings (SSSR count). The van der Waals surface area contributed by atoms with Crippen LogP contribution in [0.1, 0.15) is 153 Å². The van der Waals surface area contributed by atoms with Crippen LogP contribution in [0.2, 0.25) is 0 Å². The summed E-state index contributed by atoms with van der Waals surface area (Å²) in [6.07, 6.45) is 13.3. The van der Waals surface area contributed by atoms with Crippen LogP contribution in [0.3, 0.4) is 0 Å². The molecule has 1 heterocycles. The minimum absolute atomic E-state index is 0.370. The first-order chi connectivity index (χ1) is 22.4. The van der Waals surface area contributed by atoms with Crippen LogP contribution >= 0.6 is 0 Å². The lowest BCUT2D eigenvalue weighted by Crippen LogP contribution is -2.65. The van der Waals surface area contributed by atoms with E-state index in [-0.39, 0.29) is 0 Å². The molecular formula is C41H66O7. The van der Waals surface area contributed by atoms with E-state index in [9.17, 15) is 14.4 Å². The molecule has 0 aromatic carbocycles. The Morgan fingerprint density at radius 1 is 0.667 bits per heavy atom. The van der Waals surface area contributed by atoms with E-state index in [1.54, 1.807) is 0 Å². The maximum Gasteiger partial charge on any atom is 0.305 e. The highest BCUT2D eigenvalue weighted by molar-refractivity contribution is 5.68. The fraction of sp³-hybridized carbons (Fsp3) is 0.927. The topological polar surface area (TPSA) is 88.1 Å². The van der Waals surface area contributed by atoms with Crippen LogP contribution in [-0.4, -0.2) is 42.5 Å². The van der Waals surface area contributed by atoms with Gasteiger partial charge in [0.25, 0.3) is 0 Å². The van der Waals surface area contributed by atoms with Gasteiger partial charge in [0, 0.05) is 20.8 Å². The van der Waals surface area contributed by atoms with Crippen molar-refractivity contribution in [2.24, 2.45) is 62.6 Å². The molecule has 0 spiro atoms. The summed E-state index contributed by atoms with van der Waals surface area (Å²) in [4.78, 5) is 35.9. The summed E-state index contributed by atoms with van der Waals surface area (Å²) in [5.74, 6) is 2.79. The molecule has 0 aromatic rings. The van der Waals surface area contributed by atoms with E-state index in [4.69, 9.17) is 18.9 Å². The summed E-state index contributed by atoms with van der Waals surface area (Å²) >= 11 is 0. The van der Waals surface area contributed by atoms with E-state index in [2.05, 4.69) is 48.5 Å². The first kappa shape index (κ1) is 36.2. The second-order valence-electron chi connectivity index (χ2n) is 19.2. The first-order valence-electron chi connectivity index (χ1n) is 19.5. The molecule has 272 valence electrons. The number of carbonyl (C=O) groups is 3. The summed E-state index contributed by atoms with van der Waals surface area (Å²) in [6.45, 7) is 22.4. The third-order valence-corrected chi connectivity index (χ3v) is 16.6. The first-order valence-corrected chi connectivity index (χ1v) is 19.5. The molecule has 0 amide bonds. The molecule has 0 bridgehead atoms. The Hall–Kier alpha value is -1.63. The van der Waals surface area contributed by atoms with Gasteiger partial charge in [-0.15, -0.1) is 0 Å². The number of fused-ring (bicyclic) bond motifs is 7. The monoisotopic (exact) mass is 670 g/mol. The van der Waals surface area contributed by atoms with Gasteiger partial charge in [-0.2, -0.15) is 0 Å². The highest BCUT2D eigenvalue weighted by atomic mass is 16.7. The lowest BCUT2D eigenvalue weighted by atomic mass is 9.32. The largest absolute Gasteiger partial charge is 0.456 e. The molecule has 5 aliphatic carbocycles. The van der Waals surface area contributed by atoms with Gasteiger partial charge >= 0.3 is 17.9 Å². The Kier molecular flexibility index (Phi) is 9.46. The second kappa shape index (κ2) is 12.5. The zero-order chi connectivity index (χ0) is 35.0. The average molecular weight is 671 g/mol.